The molecule has 0 unspecified atom stereocenters. The van der Waals surface area contributed by atoms with Crippen LogP contribution in [0.3, 0.4) is 0 Å². The predicted molar refractivity (Wildman–Crippen MR) is 199 cm³/mol. The zero-order valence-electron chi connectivity index (χ0n) is 28.5. The first-order valence-corrected chi connectivity index (χ1v) is 16.5. The summed E-state index contributed by atoms with van der Waals surface area (Å²) in [6, 6.07) is 50.7. The van der Waals surface area contributed by atoms with Gasteiger partial charge in [-0.2, -0.15) is 10.2 Å². The Balaban J connectivity index is 1.29. The van der Waals surface area contributed by atoms with E-state index in [0.717, 1.165) is 44.5 Å². The third-order valence-corrected chi connectivity index (χ3v) is 8.31. The van der Waals surface area contributed by atoms with Crippen LogP contribution in [0.25, 0.3) is 44.5 Å². The van der Waals surface area contributed by atoms with Gasteiger partial charge in [-0.05, 0) is 49.9 Å². The smallest absolute Gasteiger partial charge is 0.340 e. The van der Waals surface area contributed by atoms with Gasteiger partial charge in [-0.1, -0.05) is 158 Å². The molecule has 6 rings (SSSR count). The summed E-state index contributed by atoms with van der Waals surface area (Å²) >= 11 is 0. The van der Waals surface area contributed by atoms with E-state index >= 15 is 0 Å². The minimum absolute atomic E-state index is 0.419. The number of hydrogen-bond acceptors (Lipinski definition) is 6. The SMILES string of the molecule is CC(C)(N=NC(C)(C)C(=O)Oc1c(-c2ccccc2)cccc1-c1ccccc1)C(=O)Oc1c(-c2ccccc2)cccc1-c1ccccc1. The molecular weight excluding hydrogens is 620 g/mol. The van der Waals surface area contributed by atoms with Gasteiger partial charge in [-0.15, -0.1) is 0 Å². The molecule has 0 spiro atoms. The van der Waals surface area contributed by atoms with Crippen molar-refractivity contribution in [2.24, 2.45) is 10.2 Å². The Kier molecular flexibility index (Phi) is 9.82. The fourth-order valence-corrected chi connectivity index (χ4v) is 5.44. The molecular formula is C44H38N2O4. The lowest BCUT2D eigenvalue weighted by Crippen LogP contribution is -2.37. The van der Waals surface area contributed by atoms with Crippen molar-refractivity contribution in [1.82, 2.24) is 0 Å². The monoisotopic (exact) mass is 658 g/mol. The van der Waals surface area contributed by atoms with Crippen LogP contribution in [0.4, 0.5) is 0 Å². The van der Waals surface area contributed by atoms with Gasteiger partial charge >= 0.3 is 11.9 Å². The standard InChI is InChI=1S/C44H38N2O4/c1-43(2,41(47)49-39-35(31-19-9-5-10-20-31)27-17-28-36(39)32-21-11-6-12-22-32)45-46-44(3,4)42(48)50-40-37(33-23-13-7-14-24-33)29-18-30-38(40)34-25-15-8-16-26-34/h5-30H,1-4H3. The fraction of sp³-hybridized carbons (Fsp3) is 0.136. The van der Waals surface area contributed by atoms with Gasteiger partial charge in [0, 0.05) is 22.3 Å². The minimum Gasteiger partial charge on any atom is -0.423 e. The number of para-hydroxylation sites is 2. The lowest BCUT2D eigenvalue weighted by atomic mass is 9.97. The molecule has 0 N–H and O–H groups in total. The molecule has 0 saturated heterocycles. The first-order chi connectivity index (χ1) is 24.1. The van der Waals surface area contributed by atoms with Gasteiger partial charge in [0.25, 0.3) is 0 Å². The normalized spacial score (nSPS) is 11.7. The topological polar surface area (TPSA) is 77.3 Å². The summed E-state index contributed by atoms with van der Waals surface area (Å²) in [6.07, 6.45) is 0. The zero-order valence-corrected chi connectivity index (χ0v) is 28.5. The number of benzene rings is 6. The maximum absolute atomic E-state index is 13.9. The first kappa shape index (κ1) is 33.7. The van der Waals surface area contributed by atoms with E-state index in [0.29, 0.717) is 11.5 Å². The number of esters is 2. The second-order valence-corrected chi connectivity index (χ2v) is 12.9. The van der Waals surface area contributed by atoms with E-state index in [1.165, 1.54) is 0 Å². The summed E-state index contributed by atoms with van der Waals surface area (Å²) in [4.78, 5) is 27.8. The molecule has 0 atom stereocenters. The molecule has 0 aliphatic carbocycles. The molecule has 0 heterocycles. The highest BCUT2D eigenvalue weighted by atomic mass is 16.5. The van der Waals surface area contributed by atoms with Gasteiger partial charge in [-0.25, -0.2) is 9.59 Å². The Bertz CT molecular complexity index is 1860. The van der Waals surface area contributed by atoms with E-state index in [-0.39, 0.29) is 0 Å². The first-order valence-electron chi connectivity index (χ1n) is 16.5. The van der Waals surface area contributed by atoms with Crippen molar-refractivity contribution in [3.05, 3.63) is 158 Å². The maximum Gasteiger partial charge on any atom is 0.340 e. The third-order valence-electron chi connectivity index (χ3n) is 8.31. The lowest BCUT2D eigenvalue weighted by Gasteiger charge is -2.23. The van der Waals surface area contributed by atoms with Crippen molar-refractivity contribution in [1.29, 1.82) is 0 Å². The Labute approximate surface area is 293 Å². The summed E-state index contributed by atoms with van der Waals surface area (Å²) in [5.41, 5.74) is 3.81. The van der Waals surface area contributed by atoms with E-state index in [1.54, 1.807) is 27.7 Å². The van der Waals surface area contributed by atoms with Crippen LogP contribution in [0.1, 0.15) is 27.7 Å². The quantitative estimate of drug-likeness (QED) is 0.0834. The molecule has 0 saturated carbocycles. The lowest BCUT2D eigenvalue weighted by molar-refractivity contribution is -0.141. The van der Waals surface area contributed by atoms with Crippen LogP contribution in [0.2, 0.25) is 0 Å². The number of carbonyl (C=O) groups is 2. The van der Waals surface area contributed by atoms with E-state index in [2.05, 4.69) is 10.2 Å². The molecule has 0 fully saturated rings. The second kappa shape index (κ2) is 14.5. The molecule has 0 bridgehead atoms. The van der Waals surface area contributed by atoms with Gasteiger partial charge < -0.3 is 9.47 Å². The number of hydrogen-bond donors (Lipinski definition) is 0. The van der Waals surface area contributed by atoms with E-state index < -0.39 is 23.0 Å². The van der Waals surface area contributed by atoms with Crippen molar-refractivity contribution in [3.8, 4) is 56.0 Å². The van der Waals surface area contributed by atoms with Crippen LogP contribution in [0.15, 0.2) is 168 Å². The number of nitrogens with zero attached hydrogens (tertiary/aromatic N) is 2. The van der Waals surface area contributed by atoms with Gasteiger partial charge in [-0.3, -0.25) is 0 Å². The maximum atomic E-state index is 13.9. The van der Waals surface area contributed by atoms with Crippen LogP contribution < -0.4 is 9.47 Å². The van der Waals surface area contributed by atoms with E-state index in [9.17, 15) is 9.59 Å². The number of ether oxygens (including phenoxy) is 2. The Hall–Kier alpha value is -6.14. The van der Waals surface area contributed by atoms with Gasteiger partial charge in [0.1, 0.15) is 11.5 Å². The van der Waals surface area contributed by atoms with Crippen molar-refractivity contribution >= 4 is 11.9 Å². The largest absolute Gasteiger partial charge is 0.423 e. The third kappa shape index (κ3) is 7.45. The highest BCUT2D eigenvalue weighted by Crippen LogP contribution is 2.41. The predicted octanol–water partition coefficient (Wildman–Crippen LogP) is 10.9. The highest BCUT2D eigenvalue weighted by Gasteiger charge is 2.36. The van der Waals surface area contributed by atoms with Gasteiger partial charge in [0.2, 0.25) is 0 Å². The Morgan fingerprint density at radius 3 is 0.860 bits per heavy atom. The van der Waals surface area contributed by atoms with E-state index in [4.69, 9.17) is 9.47 Å². The molecule has 6 nitrogen and oxygen atoms in total. The molecule has 0 radical (unpaired) electrons. The van der Waals surface area contributed by atoms with Crippen molar-refractivity contribution in [3.63, 3.8) is 0 Å². The van der Waals surface area contributed by atoms with E-state index in [1.807, 2.05) is 158 Å². The molecule has 0 aliphatic rings. The molecule has 6 aromatic rings. The highest BCUT2D eigenvalue weighted by molar-refractivity contribution is 5.91. The van der Waals surface area contributed by atoms with Crippen LogP contribution in [-0.2, 0) is 9.59 Å². The summed E-state index contributed by atoms with van der Waals surface area (Å²) in [6.45, 7) is 6.47. The average Bonchev–Trinajstić information content (AvgIpc) is 3.15. The molecule has 0 aromatic heterocycles. The molecule has 50 heavy (non-hydrogen) atoms. The van der Waals surface area contributed by atoms with Crippen LogP contribution in [0.5, 0.6) is 11.5 Å². The minimum atomic E-state index is -1.44. The summed E-state index contributed by atoms with van der Waals surface area (Å²) in [7, 11) is 0. The summed E-state index contributed by atoms with van der Waals surface area (Å²) in [5.74, 6) is -0.399. The van der Waals surface area contributed by atoms with Crippen LogP contribution >= 0.6 is 0 Å². The molecule has 248 valence electrons. The van der Waals surface area contributed by atoms with Crippen molar-refractivity contribution < 1.29 is 19.1 Å². The molecule has 0 amide bonds. The summed E-state index contributed by atoms with van der Waals surface area (Å²) < 4.78 is 12.4. The molecule has 6 heteroatoms. The average molecular weight is 659 g/mol. The molecule has 6 aromatic carbocycles. The van der Waals surface area contributed by atoms with Gasteiger partial charge in [0.15, 0.2) is 11.1 Å². The van der Waals surface area contributed by atoms with Gasteiger partial charge in [0.05, 0.1) is 0 Å². The Morgan fingerprint density at radius 1 is 0.380 bits per heavy atom. The van der Waals surface area contributed by atoms with Crippen molar-refractivity contribution in [2.75, 3.05) is 0 Å². The second-order valence-electron chi connectivity index (χ2n) is 12.9. The van der Waals surface area contributed by atoms with Crippen LogP contribution in [0, 0.1) is 0 Å². The Morgan fingerprint density at radius 2 is 0.620 bits per heavy atom. The number of azo groups is 1. The number of rotatable bonds is 10. The fourth-order valence-electron chi connectivity index (χ4n) is 5.44. The molecule has 0 aliphatic heterocycles. The van der Waals surface area contributed by atoms with Crippen molar-refractivity contribution in [2.45, 2.75) is 38.8 Å². The summed E-state index contributed by atoms with van der Waals surface area (Å²) in [5, 5.41) is 8.80. The zero-order chi connectivity index (χ0) is 35.1. The van der Waals surface area contributed by atoms with Crippen LogP contribution in [-0.4, -0.2) is 23.0 Å². The number of carbonyl (C=O) groups excluding carboxylic acids is 2.